The number of imidazole rings is 1. The second kappa shape index (κ2) is 4.07. The third kappa shape index (κ3) is 1.60. The summed E-state index contributed by atoms with van der Waals surface area (Å²) in [5.74, 6) is 0.209. The number of aromatic amines is 1. The van der Waals surface area contributed by atoms with Crippen LogP contribution in [-0.4, -0.2) is 37.9 Å². The van der Waals surface area contributed by atoms with Crippen LogP contribution < -0.4 is 0 Å². The van der Waals surface area contributed by atoms with Gasteiger partial charge in [-0.25, -0.2) is 9.78 Å². The number of carboxylic acids is 1. The number of nitrogens with one attached hydrogen (secondary N) is 1. The molecule has 2 N–H and O–H groups in total. The molecule has 1 aromatic rings. The van der Waals surface area contributed by atoms with Crippen molar-refractivity contribution in [2.45, 2.75) is 38.3 Å². The second-order valence-corrected chi connectivity index (χ2v) is 6.14. The van der Waals surface area contributed by atoms with Gasteiger partial charge in [0.15, 0.2) is 0 Å². The van der Waals surface area contributed by atoms with Crippen LogP contribution in [0.2, 0.25) is 0 Å². The van der Waals surface area contributed by atoms with Gasteiger partial charge in [0, 0.05) is 12.3 Å². The molecule has 3 atom stereocenters. The van der Waals surface area contributed by atoms with Crippen LogP contribution in [0.1, 0.15) is 30.7 Å². The number of hydrogen-bond acceptors (Lipinski definition) is 3. The van der Waals surface area contributed by atoms with Gasteiger partial charge in [0.2, 0.25) is 5.91 Å². The molecule has 1 amide bonds. The minimum absolute atomic E-state index is 0.0346. The number of carboxylic acid groups (broad SMARTS) is 1. The molecular formula is C14H17N3O3. The van der Waals surface area contributed by atoms with Gasteiger partial charge in [-0.05, 0) is 24.7 Å². The summed E-state index contributed by atoms with van der Waals surface area (Å²) in [5.41, 5.74) is 1.65. The monoisotopic (exact) mass is 275 g/mol. The lowest BCUT2D eigenvalue weighted by Crippen LogP contribution is -2.49. The molecule has 3 unspecified atom stereocenters. The Balaban J connectivity index is 1.59. The predicted molar refractivity (Wildman–Crippen MR) is 68.6 cm³/mol. The molecule has 106 valence electrons. The van der Waals surface area contributed by atoms with Crippen molar-refractivity contribution >= 4 is 11.9 Å². The van der Waals surface area contributed by atoms with E-state index in [0.29, 0.717) is 24.8 Å². The number of H-pyrrole nitrogens is 1. The van der Waals surface area contributed by atoms with Crippen LogP contribution in [0.5, 0.6) is 0 Å². The second-order valence-electron chi connectivity index (χ2n) is 6.14. The Kier molecular flexibility index (Phi) is 2.43. The summed E-state index contributed by atoms with van der Waals surface area (Å²) in [4.78, 5) is 32.8. The summed E-state index contributed by atoms with van der Waals surface area (Å²) in [6.07, 6.45) is 5.35. The van der Waals surface area contributed by atoms with Crippen LogP contribution in [0.25, 0.3) is 0 Å². The van der Waals surface area contributed by atoms with Crippen molar-refractivity contribution in [3.63, 3.8) is 0 Å². The lowest BCUT2D eigenvalue weighted by molar-refractivity contribution is -0.152. The Morgan fingerprint density at radius 3 is 2.80 bits per heavy atom. The van der Waals surface area contributed by atoms with Gasteiger partial charge in [-0.2, -0.15) is 0 Å². The maximum Gasteiger partial charge on any atom is 0.326 e. The van der Waals surface area contributed by atoms with E-state index in [1.807, 2.05) is 0 Å². The van der Waals surface area contributed by atoms with E-state index >= 15 is 0 Å². The number of fused-ring (bicyclic) bond motifs is 2. The van der Waals surface area contributed by atoms with Gasteiger partial charge in [0.1, 0.15) is 6.04 Å². The molecule has 2 aliphatic carbocycles. The maximum atomic E-state index is 12.6. The maximum absolute atomic E-state index is 12.6. The fourth-order valence-corrected chi connectivity index (χ4v) is 4.07. The lowest BCUT2D eigenvalue weighted by Gasteiger charge is -2.33. The van der Waals surface area contributed by atoms with E-state index in [4.69, 9.17) is 0 Å². The molecule has 0 bridgehead atoms. The average Bonchev–Trinajstić information content (AvgIpc) is 2.84. The number of rotatable bonds is 2. The molecule has 2 heterocycles. The molecule has 3 aliphatic rings. The molecule has 2 saturated carbocycles. The van der Waals surface area contributed by atoms with Crippen LogP contribution in [0.15, 0.2) is 6.33 Å². The molecule has 0 spiro atoms. The van der Waals surface area contributed by atoms with Gasteiger partial charge < -0.3 is 15.0 Å². The van der Waals surface area contributed by atoms with E-state index in [0.717, 1.165) is 24.2 Å². The van der Waals surface area contributed by atoms with Crippen LogP contribution in [0.4, 0.5) is 0 Å². The molecule has 6 heteroatoms. The number of carbonyl (C=O) groups is 2. The van der Waals surface area contributed by atoms with Crippen molar-refractivity contribution in [2.75, 3.05) is 0 Å². The Hall–Kier alpha value is -1.85. The van der Waals surface area contributed by atoms with Gasteiger partial charge in [0.05, 0.1) is 24.3 Å². The number of nitrogens with zero attached hydrogens (tertiary/aromatic N) is 2. The molecule has 2 fully saturated rings. The van der Waals surface area contributed by atoms with Gasteiger partial charge in [-0.1, -0.05) is 6.42 Å². The highest BCUT2D eigenvalue weighted by molar-refractivity contribution is 5.88. The Bertz CT molecular complexity index is 572. The van der Waals surface area contributed by atoms with Crippen LogP contribution in [0.3, 0.4) is 0 Å². The van der Waals surface area contributed by atoms with Gasteiger partial charge in [0.25, 0.3) is 0 Å². The van der Waals surface area contributed by atoms with E-state index < -0.39 is 12.0 Å². The number of hydrogen-bond donors (Lipinski definition) is 2. The first-order chi connectivity index (χ1) is 9.66. The summed E-state index contributed by atoms with van der Waals surface area (Å²) in [7, 11) is 0. The summed E-state index contributed by atoms with van der Waals surface area (Å²) in [6, 6.07) is -0.764. The Labute approximate surface area is 116 Å². The molecule has 1 aromatic heterocycles. The topological polar surface area (TPSA) is 86.3 Å². The van der Waals surface area contributed by atoms with Crippen molar-refractivity contribution in [1.82, 2.24) is 14.9 Å². The molecule has 20 heavy (non-hydrogen) atoms. The fourth-order valence-electron chi connectivity index (χ4n) is 4.07. The number of aliphatic carboxylic acids is 1. The first-order valence-electron chi connectivity index (χ1n) is 7.21. The molecular weight excluding hydrogens is 258 g/mol. The Morgan fingerprint density at radius 2 is 2.10 bits per heavy atom. The van der Waals surface area contributed by atoms with E-state index in [9.17, 15) is 14.7 Å². The highest BCUT2D eigenvalue weighted by Gasteiger charge is 2.58. The van der Waals surface area contributed by atoms with E-state index in [1.165, 1.54) is 6.42 Å². The molecule has 4 rings (SSSR count). The zero-order chi connectivity index (χ0) is 13.9. The summed E-state index contributed by atoms with van der Waals surface area (Å²) in [5, 5.41) is 9.39. The smallest absolute Gasteiger partial charge is 0.326 e. The fraction of sp³-hybridized carbons (Fsp3) is 0.643. The van der Waals surface area contributed by atoms with Crippen molar-refractivity contribution in [1.29, 1.82) is 0 Å². The zero-order valence-electron chi connectivity index (χ0n) is 11.1. The number of aromatic nitrogens is 2. The largest absolute Gasteiger partial charge is 0.480 e. The van der Waals surface area contributed by atoms with Gasteiger partial charge in [-0.3, -0.25) is 4.79 Å². The van der Waals surface area contributed by atoms with Gasteiger partial charge >= 0.3 is 5.97 Å². The Morgan fingerprint density at radius 1 is 1.35 bits per heavy atom. The minimum Gasteiger partial charge on any atom is -0.480 e. The third-order valence-electron chi connectivity index (χ3n) is 5.16. The quantitative estimate of drug-likeness (QED) is 0.835. The first kappa shape index (κ1) is 11.9. The molecule has 0 aromatic carbocycles. The third-order valence-corrected chi connectivity index (χ3v) is 5.16. The van der Waals surface area contributed by atoms with Crippen molar-refractivity contribution in [3.05, 3.63) is 17.7 Å². The molecule has 0 saturated heterocycles. The minimum atomic E-state index is -0.933. The van der Waals surface area contributed by atoms with Gasteiger partial charge in [-0.15, -0.1) is 0 Å². The first-order valence-corrected chi connectivity index (χ1v) is 7.21. The normalized spacial score (nSPS) is 34.5. The SMILES string of the molecule is O=C(O)C1Cc2nc[nH]c2CN1C(=O)C1C2CCCC21. The highest BCUT2D eigenvalue weighted by atomic mass is 16.4. The van der Waals surface area contributed by atoms with Crippen LogP contribution in [-0.2, 0) is 22.6 Å². The van der Waals surface area contributed by atoms with Crippen LogP contribution >= 0.6 is 0 Å². The summed E-state index contributed by atoms with van der Waals surface area (Å²) in [6.45, 7) is 0.348. The highest BCUT2D eigenvalue weighted by Crippen LogP contribution is 2.58. The van der Waals surface area contributed by atoms with E-state index in [1.54, 1.807) is 11.2 Å². The van der Waals surface area contributed by atoms with E-state index in [-0.39, 0.29) is 11.8 Å². The molecule has 0 radical (unpaired) electrons. The lowest BCUT2D eigenvalue weighted by atomic mass is 10.0. The average molecular weight is 275 g/mol. The number of amides is 1. The predicted octanol–water partition coefficient (Wildman–Crippen LogP) is 0.794. The van der Waals surface area contributed by atoms with Crippen molar-refractivity contribution < 1.29 is 14.7 Å². The number of carbonyl (C=O) groups excluding carboxylic acids is 1. The summed E-state index contributed by atoms with van der Waals surface area (Å²) >= 11 is 0. The molecule has 1 aliphatic heterocycles. The zero-order valence-corrected chi connectivity index (χ0v) is 11.1. The standard InChI is InChI=1S/C14H17N3O3/c18-13(12-7-2-1-3-8(7)12)17-5-10-9(15-6-16-10)4-11(17)14(19)20/h6-8,11-12H,1-5H2,(H,15,16)(H,19,20). The summed E-state index contributed by atoms with van der Waals surface area (Å²) < 4.78 is 0. The van der Waals surface area contributed by atoms with Crippen molar-refractivity contribution in [3.8, 4) is 0 Å². The van der Waals surface area contributed by atoms with Crippen LogP contribution in [0, 0.1) is 17.8 Å². The van der Waals surface area contributed by atoms with Crippen molar-refractivity contribution in [2.24, 2.45) is 17.8 Å². The van der Waals surface area contributed by atoms with E-state index in [2.05, 4.69) is 9.97 Å². The molecule has 6 nitrogen and oxygen atoms in total.